The minimum absolute atomic E-state index is 0.347. The van der Waals surface area contributed by atoms with Gasteiger partial charge in [0.05, 0.1) is 0 Å². The Kier molecular flexibility index (Phi) is 5.49. The van der Waals surface area contributed by atoms with E-state index in [-0.39, 0.29) is 0 Å². The van der Waals surface area contributed by atoms with E-state index >= 15 is 0 Å². The molecule has 0 aliphatic carbocycles. The molecule has 17 heavy (non-hydrogen) atoms. The minimum Gasteiger partial charge on any atom is -0.466 e. The van der Waals surface area contributed by atoms with Crippen molar-refractivity contribution in [3.63, 3.8) is 0 Å². The molecule has 1 unspecified atom stereocenters. The van der Waals surface area contributed by atoms with Gasteiger partial charge in [-0.25, -0.2) is 0 Å². The first-order valence-corrected chi connectivity index (χ1v) is 6.55. The van der Waals surface area contributed by atoms with Gasteiger partial charge in [0.15, 0.2) is 0 Å². The van der Waals surface area contributed by atoms with Gasteiger partial charge in [-0.3, -0.25) is 0 Å². The predicted molar refractivity (Wildman–Crippen MR) is 73.3 cm³/mol. The summed E-state index contributed by atoms with van der Waals surface area (Å²) in [5.74, 6) is 2.02. The molecule has 1 aromatic rings. The summed E-state index contributed by atoms with van der Waals surface area (Å²) in [5, 5.41) is 3.58. The van der Waals surface area contributed by atoms with Gasteiger partial charge >= 0.3 is 0 Å². The first-order chi connectivity index (χ1) is 8.08. The number of nitrogens with one attached hydrogen (secondary N) is 1. The van der Waals surface area contributed by atoms with Crippen LogP contribution in [0.15, 0.2) is 22.6 Å². The fraction of sp³-hybridized carbons (Fsp3) is 0.600. The first-order valence-electron chi connectivity index (χ1n) is 6.55. The van der Waals surface area contributed by atoms with Gasteiger partial charge in [-0.2, -0.15) is 0 Å². The van der Waals surface area contributed by atoms with Gasteiger partial charge in [0.25, 0.3) is 0 Å². The van der Waals surface area contributed by atoms with Gasteiger partial charge in [0.2, 0.25) is 0 Å². The normalized spacial score (nSPS) is 12.7. The Morgan fingerprint density at radius 3 is 2.59 bits per heavy atom. The molecule has 0 aliphatic rings. The fourth-order valence-corrected chi connectivity index (χ4v) is 2.04. The number of hydrogen-bond acceptors (Lipinski definition) is 2. The summed E-state index contributed by atoms with van der Waals surface area (Å²) < 4.78 is 5.62. The Morgan fingerprint density at radius 2 is 2.12 bits per heavy atom. The summed E-state index contributed by atoms with van der Waals surface area (Å²) in [4.78, 5) is 0. The summed E-state index contributed by atoms with van der Waals surface area (Å²) >= 11 is 0. The van der Waals surface area contributed by atoms with Gasteiger partial charge in [0, 0.05) is 11.6 Å². The topological polar surface area (TPSA) is 25.2 Å². The van der Waals surface area contributed by atoms with E-state index < -0.39 is 0 Å². The molecule has 0 aliphatic heterocycles. The van der Waals surface area contributed by atoms with E-state index in [1.54, 1.807) is 0 Å². The van der Waals surface area contributed by atoms with Crippen LogP contribution in [0, 0.1) is 13.8 Å². The van der Waals surface area contributed by atoms with Gasteiger partial charge in [-0.15, -0.1) is 0 Å². The van der Waals surface area contributed by atoms with E-state index in [1.807, 2.05) is 13.8 Å². The average molecular weight is 235 g/mol. The number of hydrogen-bond donors (Lipinski definition) is 1. The molecule has 2 nitrogen and oxygen atoms in total. The van der Waals surface area contributed by atoms with Gasteiger partial charge in [-0.1, -0.05) is 26.0 Å². The maximum Gasteiger partial charge on any atom is 0.105 e. The van der Waals surface area contributed by atoms with Crippen LogP contribution in [0.25, 0.3) is 0 Å². The third-order valence-corrected chi connectivity index (χ3v) is 3.09. The Morgan fingerprint density at radius 1 is 1.41 bits per heavy atom. The van der Waals surface area contributed by atoms with Crippen LogP contribution in [-0.4, -0.2) is 6.54 Å². The molecule has 0 saturated heterocycles. The summed E-state index contributed by atoms with van der Waals surface area (Å²) in [6.07, 6.45) is 3.18. The zero-order valence-electron chi connectivity index (χ0n) is 11.6. The first kappa shape index (κ1) is 14.0. The lowest BCUT2D eigenvalue weighted by molar-refractivity contribution is 0.478. The molecular weight excluding hydrogens is 210 g/mol. The molecule has 0 fully saturated rings. The molecule has 0 amide bonds. The third-order valence-electron chi connectivity index (χ3n) is 3.09. The molecule has 1 aromatic heterocycles. The second-order valence-corrected chi connectivity index (χ2v) is 4.68. The Hall–Kier alpha value is -1.02. The van der Waals surface area contributed by atoms with Crippen molar-refractivity contribution in [3.05, 3.63) is 35.3 Å². The van der Waals surface area contributed by atoms with E-state index in [0.717, 1.165) is 37.3 Å². The van der Waals surface area contributed by atoms with Crippen molar-refractivity contribution in [2.45, 2.75) is 53.0 Å². The maximum atomic E-state index is 5.62. The lowest BCUT2D eigenvalue weighted by atomic mass is 9.98. The summed E-state index contributed by atoms with van der Waals surface area (Å²) in [5.41, 5.74) is 2.57. The number of aryl methyl sites for hydroxylation is 2. The van der Waals surface area contributed by atoms with Crippen molar-refractivity contribution in [2.75, 3.05) is 6.54 Å². The van der Waals surface area contributed by atoms with Crippen LogP contribution in [0.4, 0.5) is 0 Å². The minimum atomic E-state index is 0.347. The second-order valence-electron chi connectivity index (χ2n) is 4.68. The smallest absolute Gasteiger partial charge is 0.105 e. The van der Waals surface area contributed by atoms with Crippen LogP contribution in [0.5, 0.6) is 0 Å². The average Bonchev–Trinajstić information content (AvgIpc) is 2.63. The van der Waals surface area contributed by atoms with Crippen LogP contribution < -0.4 is 5.32 Å². The highest BCUT2D eigenvalue weighted by Crippen LogP contribution is 2.27. The van der Waals surface area contributed by atoms with Gasteiger partial charge < -0.3 is 9.73 Å². The standard InChI is InChI=1S/C15H25NO/c1-6-8-16-15(9-11(3)7-2)14-10-12(4)17-13(14)5/h10,15-16H,3,6-9H2,1-2,4-5H3. The molecule has 1 heterocycles. The predicted octanol–water partition coefficient (Wildman–Crippen LogP) is 4.29. The Balaban J connectivity index is 2.81. The molecule has 1 N–H and O–H groups in total. The maximum absolute atomic E-state index is 5.62. The zero-order valence-corrected chi connectivity index (χ0v) is 11.6. The third kappa shape index (κ3) is 4.04. The van der Waals surface area contributed by atoms with Crippen LogP contribution in [0.1, 0.15) is 56.2 Å². The quantitative estimate of drug-likeness (QED) is 0.713. The lowest BCUT2D eigenvalue weighted by Gasteiger charge is -2.19. The molecule has 0 bridgehead atoms. The second kappa shape index (κ2) is 6.65. The number of furan rings is 1. The van der Waals surface area contributed by atoms with Crippen molar-refractivity contribution >= 4 is 0 Å². The van der Waals surface area contributed by atoms with Crippen LogP contribution in [0.2, 0.25) is 0 Å². The molecule has 0 spiro atoms. The van der Waals surface area contributed by atoms with Gasteiger partial charge in [-0.05, 0) is 45.7 Å². The molecular formula is C15H25NO. The lowest BCUT2D eigenvalue weighted by Crippen LogP contribution is -2.22. The largest absolute Gasteiger partial charge is 0.466 e. The monoisotopic (exact) mass is 235 g/mol. The van der Waals surface area contributed by atoms with Crippen molar-refractivity contribution < 1.29 is 4.42 Å². The van der Waals surface area contributed by atoms with E-state index in [9.17, 15) is 0 Å². The van der Waals surface area contributed by atoms with Crippen molar-refractivity contribution in [1.29, 1.82) is 0 Å². The highest BCUT2D eigenvalue weighted by Gasteiger charge is 2.16. The Labute approximate surface area is 105 Å². The van der Waals surface area contributed by atoms with E-state index in [2.05, 4.69) is 31.8 Å². The summed E-state index contributed by atoms with van der Waals surface area (Å²) in [6.45, 7) is 13.5. The van der Waals surface area contributed by atoms with Gasteiger partial charge in [0.1, 0.15) is 11.5 Å². The van der Waals surface area contributed by atoms with E-state index in [4.69, 9.17) is 4.42 Å². The summed E-state index contributed by atoms with van der Waals surface area (Å²) in [7, 11) is 0. The van der Waals surface area contributed by atoms with E-state index in [1.165, 1.54) is 11.1 Å². The van der Waals surface area contributed by atoms with Crippen molar-refractivity contribution in [2.24, 2.45) is 0 Å². The molecule has 0 saturated carbocycles. The summed E-state index contributed by atoms with van der Waals surface area (Å²) in [6, 6.07) is 2.49. The SMILES string of the molecule is C=C(CC)CC(NCCC)c1cc(C)oc1C. The molecule has 2 heteroatoms. The molecule has 96 valence electrons. The van der Waals surface area contributed by atoms with E-state index in [0.29, 0.717) is 6.04 Å². The Bertz CT molecular complexity index is 365. The highest BCUT2D eigenvalue weighted by molar-refractivity contribution is 5.25. The molecule has 0 aromatic carbocycles. The van der Waals surface area contributed by atoms with Crippen LogP contribution >= 0.6 is 0 Å². The fourth-order valence-electron chi connectivity index (χ4n) is 2.04. The molecule has 1 atom stereocenters. The molecule has 1 rings (SSSR count). The van der Waals surface area contributed by atoms with Crippen molar-refractivity contribution in [3.8, 4) is 0 Å². The number of rotatable bonds is 7. The molecule has 0 radical (unpaired) electrons. The van der Waals surface area contributed by atoms with Crippen LogP contribution in [0.3, 0.4) is 0 Å². The highest BCUT2D eigenvalue weighted by atomic mass is 16.3. The zero-order chi connectivity index (χ0) is 12.8. The van der Waals surface area contributed by atoms with Crippen molar-refractivity contribution in [1.82, 2.24) is 5.32 Å². The van der Waals surface area contributed by atoms with Crippen LogP contribution in [-0.2, 0) is 0 Å².